The molecule has 0 spiro atoms. The van der Waals surface area contributed by atoms with Gasteiger partial charge in [0.15, 0.2) is 0 Å². The summed E-state index contributed by atoms with van der Waals surface area (Å²) in [5.41, 5.74) is 2.75. The highest BCUT2D eigenvalue weighted by atomic mass is 16.4. The molecular weight excluding hydrogens is 370 g/mol. The lowest BCUT2D eigenvalue weighted by molar-refractivity contribution is -0.141. The lowest BCUT2D eigenvalue weighted by atomic mass is 9.97. The average molecular weight is 395 g/mol. The first kappa shape index (κ1) is 20.5. The van der Waals surface area contributed by atoms with E-state index in [9.17, 15) is 19.5 Å². The van der Waals surface area contributed by atoms with E-state index in [0.717, 1.165) is 16.8 Å². The predicted molar refractivity (Wildman–Crippen MR) is 107 cm³/mol. The molecule has 2 atom stereocenters. The Labute approximate surface area is 169 Å². The monoisotopic (exact) mass is 395 g/mol. The van der Waals surface area contributed by atoms with E-state index < -0.39 is 17.8 Å². The van der Waals surface area contributed by atoms with Gasteiger partial charge < -0.3 is 15.3 Å². The van der Waals surface area contributed by atoms with Crippen LogP contribution in [0.1, 0.15) is 23.2 Å². The molecule has 1 aliphatic rings. The third kappa shape index (κ3) is 5.63. The van der Waals surface area contributed by atoms with E-state index in [2.05, 4.69) is 10.3 Å². The zero-order chi connectivity index (χ0) is 20.8. The first-order valence-electron chi connectivity index (χ1n) is 9.66. The van der Waals surface area contributed by atoms with E-state index in [1.54, 1.807) is 17.2 Å². The van der Waals surface area contributed by atoms with Gasteiger partial charge in [0.25, 0.3) is 0 Å². The van der Waals surface area contributed by atoms with Gasteiger partial charge in [0.1, 0.15) is 0 Å². The molecular formula is C22H25N3O4. The first-order chi connectivity index (χ1) is 13.9. The number of pyridine rings is 1. The fourth-order valence-electron chi connectivity index (χ4n) is 3.53. The Morgan fingerprint density at radius 3 is 2.79 bits per heavy atom. The van der Waals surface area contributed by atoms with Crippen LogP contribution in [0.5, 0.6) is 0 Å². The number of hydrogen-bond acceptors (Lipinski definition) is 4. The minimum Gasteiger partial charge on any atom is -0.481 e. The molecule has 2 N–H and O–H groups in total. The summed E-state index contributed by atoms with van der Waals surface area (Å²) in [7, 11) is 0. The van der Waals surface area contributed by atoms with E-state index in [0.29, 0.717) is 19.5 Å². The second-order valence-electron chi connectivity index (χ2n) is 7.47. The van der Waals surface area contributed by atoms with Crippen LogP contribution in [0, 0.1) is 18.8 Å². The van der Waals surface area contributed by atoms with Crippen LogP contribution < -0.4 is 5.32 Å². The van der Waals surface area contributed by atoms with Crippen molar-refractivity contribution in [2.24, 2.45) is 11.8 Å². The number of amides is 2. The van der Waals surface area contributed by atoms with Crippen molar-refractivity contribution in [2.45, 2.75) is 26.3 Å². The Balaban J connectivity index is 1.53. The number of rotatable bonds is 8. The van der Waals surface area contributed by atoms with Gasteiger partial charge in [0.05, 0.1) is 24.1 Å². The van der Waals surface area contributed by atoms with Crippen molar-refractivity contribution in [2.75, 3.05) is 13.1 Å². The molecule has 3 rings (SSSR count). The smallest absolute Gasteiger partial charge is 0.308 e. The van der Waals surface area contributed by atoms with Crippen molar-refractivity contribution in [3.63, 3.8) is 0 Å². The topological polar surface area (TPSA) is 99.6 Å². The molecule has 1 aromatic carbocycles. The number of aromatic nitrogens is 1. The van der Waals surface area contributed by atoms with Crippen LogP contribution in [0.3, 0.4) is 0 Å². The van der Waals surface area contributed by atoms with Crippen molar-refractivity contribution in [3.8, 4) is 0 Å². The van der Waals surface area contributed by atoms with Gasteiger partial charge >= 0.3 is 5.97 Å². The van der Waals surface area contributed by atoms with Crippen LogP contribution in [0.25, 0.3) is 0 Å². The number of carboxylic acid groups (broad SMARTS) is 1. The number of nitrogens with one attached hydrogen (secondary N) is 1. The molecule has 1 aliphatic heterocycles. The Morgan fingerprint density at radius 1 is 1.28 bits per heavy atom. The van der Waals surface area contributed by atoms with Gasteiger partial charge in [-0.25, -0.2) is 0 Å². The minimum atomic E-state index is -0.953. The predicted octanol–water partition coefficient (Wildman–Crippen LogP) is 1.80. The Hall–Kier alpha value is -3.22. The second-order valence-corrected chi connectivity index (χ2v) is 7.47. The molecule has 7 heteroatoms. The number of carbonyl (C=O) groups excluding carboxylic acids is 2. The van der Waals surface area contributed by atoms with Crippen LogP contribution in [0.4, 0.5) is 0 Å². The maximum atomic E-state index is 12.5. The zero-order valence-corrected chi connectivity index (χ0v) is 16.4. The first-order valence-corrected chi connectivity index (χ1v) is 9.66. The molecule has 2 aromatic rings. The fraction of sp³-hybridized carbons (Fsp3) is 0.364. The van der Waals surface area contributed by atoms with Gasteiger partial charge in [-0.05, 0) is 31.0 Å². The highest BCUT2D eigenvalue weighted by molar-refractivity contribution is 5.89. The number of carbonyl (C=O) groups is 3. The standard InChI is InChI=1S/C22H25N3O4/c1-15-5-4-6-16(9-15)10-17(22(28)29)12-24-21(27)18-11-20(26)25(13-18)14-19-7-2-3-8-23-19/h2-9,17-18H,10-14H2,1H3,(H,24,27)(H,28,29). The molecule has 0 aliphatic carbocycles. The fourth-order valence-corrected chi connectivity index (χ4v) is 3.53. The maximum absolute atomic E-state index is 12.5. The maximum Gasteiger partial charge on any atom is 0.308 e. The van der Waals surface area contributed by atoms with Crippen molar-refractivity contribution >= 4 is 17.8 Å². The molecule has 0 radical (unpaired) electrons. The van der Waals surface area contributed by atoms with E-state index >= 15 is 0 Å². The molecule has 1 aromatic heterocycles. The van der Waals surface area contributed by atoms with Crippen LogP contribution in [-0.4, -0.2) is 45.9 Å². The summed E-state index contributed by atoms with van der Waals surface area (Å²) >= 11 is 0. The lowest BCUT2D eigenvalue weighted by Gasteiger charge is -2.17. The summed E-state index contributed by atoms with van der Waals surface area (Å²) < 4.78 is 0. The zero-order valence-electron chi connectivity index (χ0n) is 16.4. The summed E-state index contributed by atoms with van der Waals surface area (Å²) in [6.07, 6.45) is 2.14. The summed E-state index contributed by atoms with van der Waals surface area (Å²) in [4.78, 5) is 42.2. The van der Waals surface area contributed by atoms with E-state index in [1.807, 2.05) is 43.3 Å². The lowest BCUT2D eigenvalue weighted by Crippen LogP contribution is -2.38. The molecule has 1 saturated heterocycles. The van der Waals surface area contributed by atoms with Crippen LogP contribution in [0.2, 0.25) is 0 Å². The Bertz CT molecular complexity index is 885. The van der Waals surface area contributed by atoms with E-state index in [4.69, 9.17) is 0 Å². The number of likely N-dealkylation sites (tertiary alicyclic amines) is 1. The third-order valence-electron chi connectivity index (χ3n) is 5.10. The minimum absolute atomic E-state index is 0.0348. The molecule has 152 valence electrons. The highest BCUT2D eigenvalue weighted by Gasteiger charge is 2.34. The summed E-state index contributed by atoms with van der Waals surface area (Å²) in [6, 6.07) is 13.2. The molecule has 0 saturated carbocycles. The SMILES string of the molecule is Cc1cccc(CC(CNC(=O)C2CC(=O)N(Cc3ccccn3)C2)C(=O)O)c1. The van der Waals surface area contributed by atoms with Crippen molar-refractivity contribution in [1.82, 2.24) is 15.2 Å². The van der Waals surface area contributed by atoms with Crippen LogP contribution in [-0.2, 0) is 27.3 Å². The summed E-state index contributed by atoms with van der Waals surface area (Å²) in [5.74, 6) is -2.52. The Morgan fingerprint density at radius 2 is 2.10 bits per heavy atom. The number of carboxylic acids is 1. The second kappa shape index (κ2) is 9.32. The van der Waals surface area contributed by atoms with Gasteiger partial charge in [-0.15, -0.1) is 0 Å². The number of hydrogen-bond donors (Lipinski definition) is 2. The number of benzene rings is 1. The molecule has 2 unspecified atom stereocenters. The Kier molecular flexibility index (Phi) is 6.59. The van der Waals surface area contributed by atoms with Crippen LogP contribution in [0.15, 0.2) is 48.7 Å². The van der Waals surface area contributed by atoms with Crippen LogP contribution >= 0.6 is 0 Å². The number of nitrogens with zero attached hydrogens (tertiary/aromatic N) is 2. The number of aryl methyl sites for hydroxylation is 1. The normalized spacial score (nSPS) is 17.2. The largest absolute Gasteiger partial charge is 0.481 e. The average Bonchev–Trinajstić information content (AvgIpc) is 3.06. The summed E-state index contributed by atoms with van der Waals surface area (Å²) in [6.45, 7) is 2.67. The van der Waals surface area contributed by atoms with Gasteiger partial charge in [-0.1, -0.05) is 35.9 Å². The van der Waals surface area contributed by atoms with Crippen molar-refractivity contribution in [1.29, 1.82) is 0 Å². The molecule has 2 heterocycles. The highest BCUT2D eigenvalue weighted by Crippen LogP contribution is 2.20. The van der Waals surface area contributed by atoms with E-state index in [-0.39, 0.29) is 24.8 Å². The summed E-state index contributed by atoms with van der Waals surface area (Å²) in [5, 5.41) is 12.2. The van der Waals surface area contributed by atoms with E-state index in [1.165, 1.54) is 0 Å². The molecule has 0 bridgehead atoms. The third-order valence-corrected chi connectivity index (χ3v) is 5.10. The quantitative estimate of drug-likeness (QED) is 0.710. The van der Waals surface area contributed by atoms with Gasteiger partial charge in [0.2, 0.25) is 11.8 Å². The van der Waals surface area contributed by atoms with Crippen molar-refractivity contribution < 1.29 is 19.5 Å². The van der Waals surface area contributed by atoms with Crippen molar-refractivity contribution in [3.05, 3.63) is 65.5 Å². The molecule has 29 heavy (non-hydrogen) atoms. The molecule has 7 nitrogen and oxygen atoms in total. The molecule has 2 amide bonds. The van der Waals surface area contributed by atoms with Gasteiger partial charge in [-0.2, -0.15) is 0 Å². The van der Waals surface area contributed by atoms with Gasteiger partial charge in [0, 0.05) is 25.7 Å². The number of aliphatic carboxylic acids is 1. The molecule has 1 fully saturated rings. The van der Waals surface area contributed by atoms with Gasteiger partial charge in [-0.3, -0.25) is 19.4 Å².